The van der Waals surface area contributed by atoms with Crippen LogP contribution in [0.2, 0.25) is 0 Å². The molecule has 4 heteroatoms. The van der Waals surface area contributed by atoms with Crippen LogP contribution in [-0.4, -0.2) is 18.6 Å². The summed E-state index contributed by atoms with van der Waals surface area (Å²) in [5, 5.41) is 10.4. The molecule has 0 bridgehead atoms. The third kappa shape index (κ3) is 3.56. The molecule has 16 heavy (non-hydrogen) atoms. The molecule has 0 atom stereocenters. The molecule has 82 valence electrons. The number of nitro benzene ring substituents is 1. The number of non-ortho nitro benzene ring substituents is 1. The van der Waals surface area contributed by atoms with E-state index in [0.717, 1.165) is 0 Å². The lowest BCUT2D eigenvalue weighted by atomic mass is 10.2. The molecular formula is C12H11NO3. The Morgan fingerprint density at radius 1 is 1.50 bits per heavy atom. The number of rotatable bonds is 3. The van der Waals surface area contributed by atoms with Crippen molar-refractivity contribution in [1.82, 2.24) is 0 Å². The third-order valence-corrected chi connectivity index (χ3v) is 1.78. The third-order valence-electron chi connectivity index (χ3n) is 1.78. The second-order valence-corrected chi connectivity index (χ2v) is 3.09. The van der Waals surface area contributed by atoms with Crippen molar-refractivity contribution in [2.45, 2.75) is 0 Å². The van der Waals surface area contributed by atoms with Crippen LogP contribution < -0.4 is 0 Å². The van der Waals surface area contributed by atoms with Gasteiger partial charge in [0.1, 0.15) is 0 Å². The molecule has 0 unspecified atom stereocenters. The molecule has 0 aromatic heterocycles. The lowest BCUT2D eigenvalue weighted by molar-refractivity contribution is -0.384. The van der Waals surface area contributed by atoms with Crippen LogP contribution in [0.3, 0.4) is 0 Å². The Morgan fingerprint density at radius 2 is 2.12 bits per heavy atom. The molecule has 0 spiro atoms. The molecule has 1 aromatic carbocycles. The molecule has 0 fully saturated rings. The average Bonchev–Trinajstić information content (AvgIpc) is 2.27. The molecular weight excluding hydrogens is 206 g/mol. The normalized spacial score (nSPS) is 9.06. The Morgan fingerprint density at radius 3 is 2.62 bits per heavy atom. The Hall–Kier alpha value is -2.12. The van der Waals surface area contributed by atoms with Crippen molar-refractivity contribution < 1.29 is 9.66 Å². The van der Waals surface area contributed by atoms with E-state index in [0.29, 0.717) is 17.7 Å². The minimum atomic E-state index is -0.443. The molecule has 1 aromatic rings. The molecule has 1 rings (SSSR count). The van der Waals surface area contributed by atoms with Crippen molar-refractivity contribution in [2.24, 2.45) is 0 Å². The number of hydrogen-bond donors (Lipinski definition) is 0. The summed E-state index contributed by atoms with van der Waals surface area (Å²) in [5.74, 6) is 5.65. The van der Waals surface area contributed by atoms with Gasteiger partial charge in [-0.2, -0.15) is 0 Å². The van der Waals surface area contributed by atoms with Crippen molar-refractivity contribution in [3.05, 3.63) is 52.1 Å². The maximum atomic E-state index is 10.4. The highest BCUT2D eigenvalue weighted by Gasteiger charge is 2.02. The minimum absolute atomic E-state index is 0.0567. The Bertz CT molecular complexity index is 451. The van der Waals surface area contributed by atoms with E-state index in [-0.39, 0.29) is 5.69 Å². The summed E-state index contributed by atoms with van der Waals surface area (Å²) in [6, 6.07) is 6.04. The number of ether oxygens (including phenoxy) is 1. The molecule has 0 N–H and O–H groups in total. The first-order valence-corrected chi connectivity index (χ1v) is 4.56. The summed E-state index contributed by atoms with van der Waals surface area (Å²) in [4.78, 5) is 9.96. The number of nitrogens with zero attached hydrogens (tertiary/aromatic N) is 1. The quantitative estimate of drug-likeness (QED) is 0.443. The molecule has 4 nitrogen and oxygen atoms in total. The number of benzene rings is 1. The van der Waals surface area contributed by atoms with E-state index in [4.69, 9.17) is 4.74 Å². The standard InChI is InChI=1S/C12H11NO3/c1-10(9-16-2)3-4-11-5-7-12(8-6-11)13(14)15/h5-8H,1,9H2,2H3. The topological polar surface area (TPSA) is 52.4 Å². The smallest absolute Gasteiger partial charge is 0.269 e. The highest BCUT2D eigenvalue weighted by Crippen LogP contribution is 2.10. The highest BCUT2D eigenvalue weighted by atomic mass is 16.6. The summed E-state index contributed by atoms with van der Waals surface area (Å²) >= 11 is 0. The zero-order chi connectivity index (χ0) is 12.0. The van der Waals surface area contributed by atoms with E-state index in [2.05, 4.69) is 18.4 Å². The van der Waals surface area contributed by atoms with Crippen molar-refractivity contribution >= 4 is 5.69 Å². The zero-order valence-electron chi connectivity index (χ0n) is 8.90. The minimum Gasteiger partial charge on any atom is -0.379 e. The van der Waals surface area contributed by atoms with Crippen LogP contribution in [0, 0.1) is 22.0 Å². The maximum absolute atomic E-state index is 10.4. The molecule has 0 aliphatic rings. The van der Waals surface area contributed by atoms with E-state index < -0.39 is 4.92 Å². The highest BCUT2D eigenvalue weighted by molar-refractivity contribution is 5.43. The van der Waals surface area contributed by atoms with Crippen LogP contribution in [-0.2, 0) is 4.74 Å². The summed E-state index contributed by atoms with van der Waals surface area (Å²) in [6.07, 6.45) is 0. The molecule has 0 saturated heterocycles. The first kappa shape index (κ1) is 12.0. The van der Waals surface area contributed by atoms with Gasteiger partial charge in [0.25, 0.3) is 5.69 Å². The fourth-order valence-corrected chi connectivity index (χ4v) is 1.04. The number of methoxy groups -OCH3 is 1. The lowest BCUT2D eigenvalue weighted by Crippen LogP contribution is -1.89. The van der Waals surface area contributed by atoms with Crippen LogP contribution >= 0.6 is 0 Å². The Labute approximate surface area is 93.7 Å². The number of hydrogen-bond acceptors (Lipinski definition) is 3. The van der Waals surface area contributed by atoms with E-state index in [9.17, 15) is 10.1 Å². The van der Waals surface area contributed by atoms with E-state index >= 15 is 0 Å². The molecule has 0 aliphatic heterocycles. The summed E-state index contributed by atoms with van der Waals surface area (Å²) in [7, 11) is 1.57. The SMILES string of the molecule is C=C(C#Cc1ccc([N+](=O)[O-])cc1)COC. The van der Waals surface area contributed by atoms with Gasteiger partial charge in [0.15, 0.2) is 0 Å². The van der Waals surface area contributed by atoms with Gasteiger partial charge in [-0.3, -0.25) is 10.1 Å². The van der Waals surface area contributed by atoms with Gasteiger partial charge in [0.2, 0.25) is 0 Å². The second-order valence-electron chi connectivity index (χ2n) is 3.09. The van der Waals surface area contributed by atoms with Gasteiger partial charge in [-0.15, -0.1) is 0 Å². The van der Waals surface area contributed by atoms with Crippen molar-refractivity contribution in [3.8, 4) is 11.8 Å². The molecule has 0 radical (unpaired) electrons. The maximum Gasteiger partial charge on any atom is 0.269 e. The fourth-order valence-electron chi connectivity index (χ4n) is 1.04. The molecule has 0 heterocycles. The summed E-state index contributed by atoms with van der Waals surface area (Å²) in [6.45, 7) is 4.09. The van der Waals surface area contributed by atoms with E-state index in [1.54, 1.807) is 19.2 Å². The summed E-state index contributed by atoms with van der Waals surface area (Å²) in [5.41, 5.74) is 1.44. The molecule has 0 saturated carbocycles. The fraction of sp³-hybridized carbons (Fsp3) is 0.167. The van der Waals surface area contributed by atoms with E-state index in [1.165, 1.54) is 12.1 Å². The van der Waals surface area contributed by atoms with Crippen molar-refractivity contribution in [2.75, 3.05) is 13.7 Å². The van der Waals surface area contributed by atoms with Gasteiger partial charge in [-0.1, -0.05) is 18.4 Å². The van der Waals surface area contributed by atoms with Gasteiger partial charge >= 0.3 is 0 Å². The predicted molar refractivity (Wildman–Crippen MR) is 61.0 cm³/mol. The van der Waals surface area contributed by atoms with E-state index in [1.807, 2.05) is 0 Å². The average molecular weight is 217 g/mol. The van der Waals surface area contributed by atoms with Crippen molar-refractivity contribution in [1.29, 1.82) is 0 Å². The predicted octanol–water partition coefficient (Wildman–Crippen LogP) is 2.15. The van der Waals surface area contributed by atoms with Crippen molar-refractivity contribution in [3.63, 3.8) is 0 Å². The van der Waals surface area contributed by atoms with Gasteiger partial charge in [-0.05, 0) is 12.1 Å². The van der Waals surface area contributed by atoms with Gasteiger partial charge in [0, 0.05) is 30.4 Å². The first-order valence-electron chi connectivity index (χ1n) is 4.56. The second kappa shape index (κ2) is 5.69. The lowest BCUT2D eigenvalue weighted by Gasteiger charge is -1.93. The first-order chi connectivity index (χ1) is 7.63. The zero-order valence-corrected chi connectivity index (χ0v) is 8.90. The molecule has 0 amide bonds. The molecule has 0 aliphatic carbocycles. The Balaban J connectivity index is 2.75. The van der Waals surface area contributed by atoms with Gasteiger partial charge in [-0.25, -0.2) is 0 Å². The largest absolute Gasteiger partial charge is 0.379 e. The number of nitro groups is 1. The van der Waals surface area contributed by atoms with Gasteiger partial charge in [0.05, 0.1) is 11.5 Å². The monoisotopic (exact) mass is 217 g/mol. The van der Waals surface area contributed by atoms with Crippen LogP contribution in [0.4, 0.5) is 5.69 Å². The van der Waals surface area contributed by atoms with Crippen LogP contribution in [0.15, 0.2) is 36.4 Å². The summed E-state index contributed by atoms with van der Waals surface area (Å²) < 4.78 is 4.85. The van der Waals surface area contributed by atoms with Crippen LogP contribution in [0.1, 0.15) is 5.56 Å². The van der Waals surface area contributed by atoms with Crippen LogP contribution in [0.5, 0.6) is 0 Å². The Kier molecular flexibility index (Phi) is 4.25. The van der Waals surface area contributed by atoms with Crippen LogP contribution in [0.25, 0.3) is 0 Å². The van der Waals surface area contributed by atoms with Gasteiger partial charge < -0.3 is 4.74 Å².